The number of carbonyl (C=O) groups excluding carboxylic acids is 1. The minimum Gasteiger partial charge on any atom is -0.545 e. The van der Waals surface area contributed by atoms with Gasteiger partial charge in [0.25, 0.3) is 0 Å². The number of nitrogens with zero attached hydrogens (tertiary/aromatic N) is 2. The molecule has 11 heteroatoms. The highest BCUT2D eigenvalue weighted by Gasteiger charge is 2.31. The molecule has 2 heterocycles. The van der Waals surface area contributed by atoms with Crippen molar-refractivity contribution in [3.05, 3.63) is 87.3 Å². The predicted octanol–water partition coefficient (Wildman–Crippen LogP) is 4.46. The van der Waals surface area contributed by atoms with Crippen molar-refractivity contribution in [1.82, 2.24) is 10.3 Å². The standard InChI is InChI=1S/C22H14BrF4N3O2S/c23-10-16-17(21(31)32)18(30-19(29-16)20-28-7-8-33-20)14-6-5-13(24)9-15(14)11-1-3-12(4-2-11)22(25,26)27/h1-9,18H,10H2,(H,29,30)(H,31,32)/p-1. The zero-order valence-electron chi connectivity index (χ0n) is 16.5. The molecule has 1 aliphatic heterocycles. The van der Waals surface area contributed by atoms with Crippen LogP contribution in [0.15, 0.2) is 70.3 Å². The van der Waals surface area contributed by atoms with Crippen molar-refractivity contribution in [3.8, 4) is 11.1 Å². The number of aliphatic carboxylic acids is 1. The van der Waals surface area contributed by atoms with Crippen molar-refractivity contribution in [2.24, 2.45) is 4.99 Å². The van der Waals surface area contributed by atoms with Crippen molar-refractivity contribution >= 4 is 39.1 Å². The molecule has 1 unspecified atom stereocenters. The maximum atomic E-state index is 14.2. The van der Waals surface area contributed by atoms with E-state index in [9.17, 15) is 27.5 Å². The number of aliphatic imine (C=N–C) groups is 1. The minimum atomic E-state index is -4.53. The summed E-state index contributed by atoms with van der Waals surface area (Å²) in [6, 6.07) is 6.73. The zero-order valence-corrected chi connectivity index (χ0v) is 18.9. The number of thiazole rings is 1. The summed E-state index contributed by atoms with van der Waals surface area (Å²) in [5, 5.41) is 17.4. The lowest BCUT2D eigenvalue weighted by atomic mass is 9.89. The van der Waals surface area contributed by atoms with E-state index in [2.05, 4.69) is 31.2 Å². The largest absolute Gasteiger partial charge is 0.545 e. The van der Waals surface area contributed by atoms with Gasteiger partial charge >= 0.3 is 6.18 Å². The third-order valence-electron chi connectivity index (χ3n) is 4.95. The highest BCUT2D eigenvalue weighted by Crippen LogP contribution is 2.39. The van der Waals surface area contributed by atoms with Crippen LogP contribution in [0.3, 0.4) is 0 Å². The zero-order chi connectivity index (χ0) is 23.8. The Labute approximate surface area is 197 Å². The first kappa shape index (κ1) is 23.1. The van der Waals surface area contributed by atoms with E-state index in [0.717, 1.165) is 24.3 Å². The second kappa shape index (κ2) is 9.06. The molecule has 0 bridgehead atoms. The Hall–Kier alpha value is -3.05. The van der Waals surface area contributed by atoms with E-state index < -0.39 is 29.6 Å². The maximum absolute atomic E-state index is 14.2. The van der Waals surface area contributed by atoms with E-state index in [-0.39, 0.29) is 27.7 Å². The number of halogens is 5. The Bertz CT molecular complexity index is 1260. The highest BCUT2D eigenvalue weighted by atomic mass is 79.9. The third kappa shape index (κ3) is 4.69. The number of hydrogen-bond acceptors (Lipinski definition) is 6. The summed E-state index contributed by atoms with van der Waals surface area (Å²) in [4.78, 5) is 20.8. The van der Waals surface area contributed by atoms with Crippen molar-refractivity contribution in [3.63, 3.8) is 0 Å². The molecule has 1 atom stereocenters. The van der Waals surface area contributed by atoms with Crippen molar-refractivity contribution in [2.75, 3.05) is 5.33 Å². The normalized spacial score (nSPS) is 16.4. The smallest absolute Gasteiger partial charge is 0.416 e. The highest BCUT2D eigenvalue weighted by molar-refractivity contribution is 9.09. The number of rotatable bonds is 5. The molecule has 0 saturated carbocycles. The average Bonchev–Trinajstić information content (AvgIpc) is 3.32. The van der Waals surface area contributed by atoms with E-state index >= 15 is 0 Å². The van der Waals surface area contributed by atoms with Crippen LogP contribution in [-0.4, -0.2) is 22.1 Å². The number of benzene rings is 2. The molecule has 1 aromatic heterocycles. The summed E-state index contributed by atoms with van der Waals surface area (Å²) in [7, 11) is 0. The van der Waals surface area contributed by atoms with Crippen LogP contribution >= 0.6 is 27.3 Å². The van der Waals surface area contributed by atoms with Crippen LogP contribution in [0.4, 0.5) is 17.6 Å². The van der Waals surface area contributed by atoms with Crippen LogP contribution in [0.5, 0.6) is 0 Å². The number of allylic oxidation sites excluding steroid dienone is 1. The van der Waals surface area contributed by atoms with E-state index in [1.54, 1.807) is 11.6 Å². The van der Waals surface area contributed by atoms with Gasteiger partial charge in [-0.1, -0.05) is 34.1 Å². The molecule has 3 aromatic rings. The molecule has 33 heavy (non-hydrogen) atoms. The fourth-order valence-electron chi connectivity index (χ4n) is 3.47. The Morgan fingerprint density at radius 2 is 1.91 bits per heavy atom. The first-order chi connectivity index (χ1) is 15.7. The van der Waals surface area contributed by atoms with Crippen molar-refractivity contribution in [2.45, 2.75) is 12.2 Å². The Morgan fingerprint density at radius 1 is 1.18 bits per heavy atom. The third-order valence-corrected chi connectivity index (χ3v) is 6.29. The van der Waals surface area contributed by atoms with E-state index in [1.807, 2.05) is 0 Å². The van der Waals surface area contributed by atoms with Gasteiger partial charge < -0.3 is 15.2 Å². The summed E-state index contributed by atoms with van der Waals surface area (Å²) in [5.41, 5.74) is 0.0388. The topological polar surface area (TPSA) is 77.4 Å². The molecule has 0 radical (unpaired) electrons. The van der Waals surface area contributed by atoms with Gasteiger partial charge in [-0.3, -0.25) is 4.99 Å². The lowest BCUT2D eigenvalue weighted by Gasteiger charge is -2.29. The molecule has 0 fully saturated rings. The second-order valence-electron chi connectivity index (χ2n) is 6.96. The fraction of sp³-hybridized carbons (Fsp3) is 0.136. The summed E-state index contributed by atoms with van der Waals surface area (Å²) in [6.45, 7) is 0. The van der Waals surface area contributed by atoms with Crippen LogP contribution in [-0.2, 0) is 11.0 Å². The molecule has 0 saturated heterocycles. The first-order valence-electron chi connectivity index (χ1n) is 9.41. The number of carboxylic acid groups (broad SMARTS) is 1. The van der Waals surface area contributed by atoms with Gasteiger partial charge in [-0.15, -0.1) is 11.3 Å². The summed E-state index contributed by atoms with van der Waals surface area (Å²) >= 11 is 4.55. The number of nitrogens with one attached hydrogen (secondary N) is 1. The van der Waals surface area contributed by atoms with Crippen LogP contribution in [0.2, 0.25) is 0 Å². The van der Waals surface area contributed by atoms with Crippen LogP contribution in [0, 0.1) is 5.82 Å². The monoisotopic (exact) mass is 538 g/mol. The summed E-state index contributed by atoms with van der Waals surface area (Å²) < 4.78 is 53.1. The Kier molecular flexibility index (Phi) is 6.35. The molecule has 0 amide bonds. The van der Waals surface area contributed by atoms with Crippen LogP contribution in [0.25, 0.3) is 11.1 Å². The number of alkyl halides is 4. The van der Waals surface area contributed by atoms with E-state index in [4.69, 9.17) is 0 Å². The van der Waals surface area contributed by atoms with Gasteiger partial charge in [-0.05, 0) is 41.0 Å². The number of hydrogen-bond donors (Lipinski definition) is 1. The quantitative estimate of drug-likeness (QED) is 0.384. The second-order valence-corrected chi connectivity index (χ2v) is 8.42. The summed E-state index contributed by atoms with van der Waals surface area (Å²) in [6.07, 6.45) is -2.96. The Morgan fingerprint density at radius 3 is 2.48 bits per heavy atom. The van der Waals surface area contributed by atoms with Gasteiger partial charge in [0.05, 0.1) is 11.5 Å². The molecular formula is C22H13BrF4N3O2S-. The van der Waals surface area contributed by atoms with Gasteiger partial charge in [-0.25, -0.2) is 9.37 Å². The lowest BCUT2D eigenvalue weighted by molar-refractivity contribution is -0.299. The molecule has 2 aromatic carbocycles. The molecule has 1 N–H and O–H groups in total. The van der Waals surface area contributed by atoms with Crippen LogP contribution < -0.4 is 10.4 Å². The first-order valence-corrected chi connectivity index (χ1v) is 11.4. The average molecular weight is 539 g/mol. The van der Waals surface area contributed by atoms with Crippen molar-refractivity contribution in [1.29, 1.82) is 0 Å². The van der Waals surface area contributed by atoms with Gasteiger partial charge in [0.1, 0.15) is 11.9 Å². The van der Waals surface area contributed by atoms with E-state index in [0.29, 0.717) is 16.4 Å². The number of aromatic nitrogens is 1. The molecule has 5 nitrogen and oxygen atoms in total. The van der Waals surface area contributed by atoms with Crippen molar-refractivity contribution < 1.29 is 27.5 Å². The van der Waals surface area contributed by atoms with Gasteiger partial charge in [0, 0.05) is 28.2 Å². The molecule has 0 spiro atoms. The van der Waals surface area contributed by atoms with Gasteiger partial charge in [-0.2, -0.15) is 13.2 Å². The number of amidine groups is 1. The van der Waals surface area contributed by atoms with Gasteiger partial charge in [0.2, 0.25) is 0 Å². The minimum absolute atomic E-state index is 0.133. The molecule has 0 aliphatic carbocycles. The Balaban J connectivity index is 1.90. The number of carbonyl (C=O) groups is 1. The molecule has 4 rings (SSSR count). The molecule has 170 valence electrons. The molecular weight excluding hydrogens is 526 g/mol. The SMILES string of the molecule is O=C([O-])C1=C(CBr)NC(c2nccs2)=NC1c1ccc(F)cc1-c1ccc(C(F)(F)F)cc1. The van der Waals surface area contributed by atoms with Crippen LogP contribution in [0.1, 0.15) is 22.2 Å². The van der Waals surface area contributed by atoms with Gasteiger partial charge in [0.15, 0.2) is 10.8 Å². The predicted molar refractivity (Wildman–Crippen MR) is 117 cm³/mol. The fourth-order valence-corrected chi connectivity index (χ4v) is 4.50. The molecule has 1 aliphatic rings. The lowest BCUT2D eigenvalue weighted by Crippen LogP contribution is -2.38. The summed E-state index contributed by atoms with van der Waals surface area (Å²) in [5.74, 6) is -1.80. The number of carboxylic acids is 1. The maximum Gasteiger partial charge on any atom is 0.416 e. The van der Waals surface area contributed by atoms with E-state index in [1.165, 1.54) is 29.5 Å².